The molecule has 0 radical (unpaired) electrons. The van der Waals surface area contributed by atoms with Crippen LogP contribution in [0.25, 0.3) is 0 Å². The van der Waals surface area contributed by atoms with E-state index in [9.17, 15) is 4.79 Å². The number of hydrogen-bond donors (Lipinski definition) is 1. The molecule has 1 aliphatic rings. The van der Waals surface area contributed by atoms with Gasteiger partial charge in [-0.1, -0.05) is 23.8 Å². The van der Waals surface area contributed by atoms with Crippen molar-refractivity contribution in [3.05, 3.63) is 34.9 Å². The summed E-state index contributed by atoms with van der Waals surface area (Å²) in [5.41, 5.74) is 3.78. The molecule has 3 nitrogen and oxygen atoms in total. The number of nitrogens with zero attached hydrogens (tertiary/aromatic N) is 1. The Morgan fingerprint density at radius 1 is 1.40 bits per heavy atom. The van der Waals surface area contributed by atoms with Gasteiger partial charge >= 0.3 is 0 Å². The van der Waals surface area contributed by atoms with Crippen LogP contribution in [0.4, 0.5) is 0 Å². The Kier molecular flexibility index (Phi) is 5.18. The second-order valence-corrected chi connectivity index (χ2v) is 6.08. The molecule has 0 bridgehead atoms. The van der Waals surface area contributed by atoms with Crippen LogP contribution in [0.3, 0.4) is 0 Å². The number of carbonyl (C=O) groups is 1. The first-order valence-electron chi connectivity index (χ1n) is 7.57. The van der Waals surface area contributed by atoms with Crippen molar-refractivity contribution in [3.8, 4) is 0 Å². The maximum Gasteiger partial charge on any atom is 0.222 e. The van der Waals surface area contributed by atoms with Gasteiger partial charge in [0, 0.05) is 20.0 Å². The molecule has 0 saturated carbocycles. The van der Waals surface area contributed by atoms with Crippen LogP contribution >= 0.6 is 0 Å². The lowest BCUT2D eigenvalue weighted by Gasteiger charge is -2.19. The van der Waals surface area contributed by atoms with Crippen LogP contribution in [0.1, 0.15) is 36.0 Å². The molecule has 1 unspecified atom stereocenters. The van der Waals surface area contributed by atoms with Crippen molar-refractivity contribution in [2.24, 2.45) is 5.92 Å². The highest BCUT2D eigenvalue weighted by molar-refractivity contribution is 5.75. The lowest BCUT2D eigenvalue weighted by atomic mass is 10.0. The molecule has 20 heavy (non-hydrogen) atoms. The molecule has 1 aromatic carbocycles. The zero-order chi connectivity index (χ0) is 14.5. The molecular weight excluding hydrogens is 248 g/mol. The van der Waals surface area contributed by atoms with E-state index in [4.69, 9.17) is 0 Å². The standard InChI is InChI=1S/C17H26N2O/c1-13-4-6-16(14(2)10-13)12-19(3)17(20)7-5-15-8-9-18-11-15/h4,6,10,15,18H,5,7-9,11-12H2,1-3H3. The van der Waals surface area contributed by atoms with Crippen LogP contribution in [0, 0.1) is 19.8 Å². The molecule has 1 saturated heterocycles. The van der Waals surface area contributed by atoms with Crippen LogP contribution in [-0.2, 0) is 11.3 Å². The predicted octanol–water partition coefficient (Wildman–Crippen LogP) is 2.65. The lowest BCUT2D eigenvalue weighted by molar-refractivity contribution is -0.130. The number of nitrogens with one attached hydrogen (secondary N) is 1. The number of amides is 1. The molecule has 1 N–H and O–H groups in total. The molecule has 1 heterocycles. The van der Waals surface area contributed by atoms with E-state index >= 15 is 0 Å². The topological polar surface area (TPSA) is 32.3 Å². The Hall–Kier alpha value is -1.35. The van der Waals surface area contributed by atoms with Crippen LogP contribution in [0.2, 0.25) is 0 Å². The van der Waals surface area contributed by atoms with Gasteiger partial charge in [-0.25, -0.2) is 0 Å². The minimum Gasteiger partial charge on any atom is -0.341 e. The first-order valence-corrected chi connectivity index (χ1v) is 7.57. The van der Waals surface area contributed by atoms with E-state index < -0.39 is 0 Å². The fourth-order valence-corrected chi connectivity index (χ4v) is 2.85. The summed E-state index contributed by atoms with van der Waals surface area (Å²) in [5, 5.41) is 3.35. The Bertz CT molecular complexity index is 464. The molecule has 110 valence electrons. The van der Waals surface area contributed by atoms with Crippen molar-refractivity contribution < 1.29 is 4.79 Å². The first-order chi connectivity index (χ1) is 9.56. The van der Waals surface area contributed by atoms with Crippen LogP contribution in [-0.4, -0.2) is 30.9 Å². The number of hydrogen-bond acceptors (Lipinski definition) is 2. The Morgan fingerprint density at radius 3 is 2.85 bits per heavy atom. The zero-order valence-electron chi connectivity index (χ0n) is 12.9. The van der Waals surface area contributed by atoms with Gasteiger partial charge in [0.1, 0.15) is 0 Å². The van der Waals surface area contributed by atoms with E-state index in [0.717, 1.165) is 19.5 Å². The summed E-state index contributed by atoms with van der Waals surface area (Å²) in [6, 6.07) is 6.43. The molecule has 2 rings (SSSR count). The van der Waals surface area contributed by atoms with Crippen LogP contribution in [0.15, 0.2) is 18.2 Å². The third-order valence-corrected chi connectivity index (χ3v) is 4.26. The van der Waals surface area contributed by atoms with Crippen molar-refractivity contribution in [3.63, 3.8) is 0 Å². The average Bonchev–Trinajstić information content (AvgIpc) is 2.92. The van der Waals surface area contributed by atoms with Gasteiger partial charge in [-0.05, 0) is 56.8 Å². The summed E-state index contributed by atoms with van der Waals surface area (Å²) >= 11 is 0. The first kappa shape index (κ1) is 15.0. The van der Waals surface area contributed by atoms with E-state index in [1.165, 1.54) is 23.1 Å². The van der Waals surface area contributed by atoms with Crippen molar-refractivity contribution in [2.75, 3.05) is 20.1 Å². The van der Waals surface area contributed by atoms with E-state index in [0.29, 0.717) is 18.9 Å². The van der Waals surface area contributed by atoms with Gasteiger partial charge in [0.15, 0.2) is 0 Å². The lowest BCUT2D eigenvalue weighted by Crippen LogP contribution is -2.27. The van der Waals surface area contributed by atoms with E-state index in [-0.39, 0.29) is 5.91 Å². The Morgan fingerprint density at radius 2 is 2.20 bits per heavy atom. The van der Waals surface area contributed by atoms with E-state index in [2.05, 4.69) is 37.4 Å². The molecular formula is C17H26N2O. The largest absolute Gasteiger partial charge is 0.341 e. The van der Waals surface area contributed by atoms with Gasteiger partial charge in [0.05, 0.1) is 0 Å². The summed E-state index contributed by atoms with van der Waals surface area (Å²) in [5.74, 6) is 0.949. The van der Waals surface area contributed by atoms with Gasteiger partial charge in [0.2, 0.25) is 5.91 Å². The van der Waals surface area contributed by atoms with Gasteiger partial charge in [0.25, 0.3) is 0 Å². The molecule has 3 heteroatoms. The Balaban J connectivity index is 1.83. The smallest absolute Gasteiger partial charge is 0.222 e. The second kappa shape index (κ2) is 6.89. The third kappa shape index (κ3) is 4.07. The minimum atomic E-state index is 0.261. The van der Waals surface area contributed by atoms with Crippen molar-refractivity contribution in [1.82, 2.24) is 10.2 Å². The average molecular weight is 274 g/mol. The summed E-state index contributed by atoms with van der Waals surface area (Å²) in [4.78, 5) is 14.0. The zero-order valence-corrected chi connectivity index (χ0v) is 12.9. The summed E-state index contributed by atoms with van der Waals surface area (Å²) in [6.07, 6.45) is 2.91. The number of carbonyl (C=O) groups excluding carboxylic acids is 1. The monoisotopic (exact) mass is 274 g/mol. The quantitative estimate of drug-likeness (QED) is 0.895. The second-order valence-electron chi connectivity index (χ2n) is 6.08. The summed E-state index contributed by atoms with van der Waals surface area (Å²) in [7, 11) is 1.91. The maximum atomic E-state index is 12.2. The highest BCUT2D eigenvalue weighted by Crippen LogP contribution is 2.17. The van der Waals surface area contributed by atoms with Crippen LogP contribution < -0.4 is 5.32 Å². The SMILES string of the molecule is Cc1ccc(CN(C)C(=O)CCC2CCNC2)c(C)c1. The van der Waals surface area contributed by atoms with Gasteiger partial charge in [-0.2, -0.15) is 0 Å². The van der Waals surface area contributed by atoms with Crippen molar-refractivity contribution in [2.45, 2.75) is 39.7 Å². The third-order valence-electron chi connectivity index (χ3n) is 4.26. The molecule has 1 aliphatic heterocycles. The van der Waals surface area contributed by atoms with Crippen molar-refractivity contribution in [1.29, 1.82) is 0 Å². The van der Waals surface area contributed by atoms with Gasteiger partial charge in [-0.15, -0.1) is 0 Å². The number of aryl methyl sites for hydroxylation is 2. The summed E-state index contributed by atoms with van der Waals surface area (Å²) in [6.45, 7) is 7.12. The molecule has 1 amide bonds. The number of benzene rings is 1. The highest BCUT2D eigenvalue weighted by Gasteiger charge is 2.17. The summed E-state index contributed by atoms with van der Waals surface area (Å²) < 4.78 is 0. The van der Waals surface area contributed by atoms with Gasteiger partial charge in [-0.3, -0.25) is 4.79 Å². The molecule has 1 fully saturated rings. The van der Waals surface area contributed by atoms with Crippen molar-refractivity contribution >= 4 is 5.91 Å². The molecule has 1 atom stereocenters. The number of rotatable bonds is 5. The molecule has 1 aromatic rings. The van der Waals surface area contributed by atoms with E-state index in [1.807, 2.05) is 11.9 Å². The fourth-order valence-electron chi connectivity index (χ4n) is 2.85. The highest BCUT2D eigenvalue weighted by atomic mass is 16.2. The Labute approximate surface area is 122 Å². The van der Waals surface area contributed by atoms with Crippen LogP contribution in [0.5, 0.6) is 0 Å². The predicted molar refractivity (Wildman–Crippen MR) is 82.6 cm³/mol. The van der Waals surface area contributed by atoms with E-state index in [1.54, 1.807) is 0 Å². The molecule has 0 aliphatic carbocycles. The van der Waals surface area contributed by atoms with Gasteiger partial charge < -0.3 is 10.2 Å². The molecule has 0 spiro atoms. The molecule has 0 aromatic heterocycles. The normalized spacial score (nSPS) is 18.2. The minimum absolute atomic E-state index is 0.261. The maximum absolute atomic E-state index is 12.2. The fraction of sp³-hybridized carbons (Fsp3) is 0.588.